The molecule has 1 fully saturated rings. The van der Waals surface area contributed by atoms with Crippen molar-refractivity contribution in [2.75, 3.05) is 18.1 Å². The number of hydrogen-bond acceptors (Lipinski definition) is 4. The van der Waals surface area contributed by atoms with Crippen LogP contribution in [0.2, 0.25) is 0 Å². The fourth-order valence-electron chi connectivity index (χ4n) is 2.85. The highest BCUT2D eigenvalue weighted by Crippen LogP contribution is 2.26. The van der Waals surface area contributed by atoms with Gasteiger partial charge in [-0.1, -0.05) is 48.5 Å². The quantitative estimate of drug-likeness (QED) is 0.485. The van der Waals surface area contributed by atoms with Crippen molar-refractivity contribution >= 4 is 17.5 Å². The smallest absolute Gasteiger partial charge is 0.269 e. The molecular weight excluding hydrogens is 354 g/mol. The third kappa shape index (κ3) is 3.94. The minimum Gasteiger partial charge on any atom is -0.490 e. The van der Waals surface area contributed by atoms with Gasteiger partial charge in [0.25, 0.3) is 11.8 Å². The molecule has 28 heavy (non-hydrogen) atoms. The van der Waals surface area contributed by atoms with Crippen molar-refractivity contribution < 1.29 is 19.1 Å². The number of nitrogens with zero attached hydrogens (tertiary/aromatic N) is 1. The minimum atomic E-state index is -0.438. The largest absolute Gasteiger partial charge is 0.490 e. The van der Waals surface area contributed by atoms with Gasteiger partial charge in [-0.25, -0.2) is 4.90 Å². The standard InChI is InChI=1S/C23H19NO4/c25-22(17-9-3-1-4-10-17)24(18-11-5-2-6-12-18)23(26)20-13-7-8-14-21(20)28-16-19-15-27-19/h1-14,19H,15-16H2. The third-order valence-corrected chi connectivity index (χ3v) is 4.39. The summed E-state index contributed by atoms with van der Waals surface area (Å²) in [6, 6.07) is 24.6. The van der Waals surface area contributed by atoms with E-state index in [0.717, 1.165) is 0 Å². The van der Waals surface area contributed by atoms with Crippen LogP contribution in [0.15, 0.2) is 84.9 Å². The van der Waals surface area contributed by atoms with Gasteiger partial charge in [-0.2, -0.15) is 0 Å². The van der Waals surface area contributed by atoms with E-state index in [0.29, 0.717) is 35.8 Å². The first-order chi connectivity index (χ1) is 13.7. The average Bonchev–Trinajstić information content (AvgIpc) is 3.58. The fraction of sp³-hybridized carbons (Fsp3) is 0.130. The Morgan fingerprint density at radius 3 is 2.14 bits per heavy atom. The maximum atomic E-state index is 13.4. The van der Waals surface area contributed by atoms with E-state index in [1.54, 1.807) is 72.8 Å². The molecule has 1 heterocycles. The molecule has 2 amide bonds. The van der Waals surface area contributed by atoms with Gasteiger partial charge in [0, 0.05) is 5.56 Å². The number of carbonyl (C=O) groups is 2. The van der Waals surface area contributed by atoms with E-state index in [2.05, 4.69) is 0 Å². The van der Waals surface area contributed by atoms with Gasteiger partial charge in [0.2, 0.25) is 0 Å². The number of anilines is 1. The summed E-state index contributed by atoms with van der Waals surface area (Å²) < 4.78 is 10.9. The lowest BCUT2D eigenvalue weighted by atomic mass is 10.1. The Bertz CT molecular complexity index is 968. The van der Waals surface area contributed by atoms with Crippen LogP contribution >= 0.6 is 0 Å². The zero-order chi connectivity index (χ0) is 19.3. The number of carbonyl (C=O) groups excluding carboxylic acids is 2. The van der Waals surface area contributed by atoms with E-state index in [-0.39, 0.29) is 6.10 Å². The Morgan fingerprint density at radius 1 is 0.857 bits per heavy atom. The highest BCUT2D eigenvalue weighted by atomic mass is 16.6. The summed E-state index contributed by atoms with van der Waals surface area (Å²) in [5.74, 6) is -0.394. The third-order valence-electron chi connectivity index (χ3n) is 4.39. The first-order valence-corrected chi connectivity index (χ1v) is 9.06. The number of benzene rings is 3. The van der Waals surface area contributed by atoms with Crippen LogP contribution in [-0.4, -0.2) is 31.1 Å². The molecule has 1 unspecified atom stereocenters. The van der Waals surface area contributed by atoms with E-state index in [9.17, 15) is 9.59 Å². The van der Waals surface area contributed by atoms with Crippen molar-refractivity contribution in [3.63, 3.8) is 0 Å². The topological polar surface area (TPSA) is 59.1 Å². The van der Waals surface area contributed by atoms with Crippen molar-refractivity contribution in [2.45, 2.75) is 6.10 Å². The molecule has 0 aliphatic carbocycles. The molecule has 0 N–H and O–H groups in total. The second kappa shape index (κ2) is 8.06. The van der Waals surface area contributed by atoms with Gasteiger partial charge in [-0.3, -0.25) is 9.59 Å². The average molecular weight is 373 g/mol. The Balaban J connectivity index is 1.70. The fourth-order valence-corrected chi connectivity index (χ4v) is 2.85. The molecule has 3 aromatic rings. The van der Waals surface area contributed by atoms with E-state index in [1.165, 1.54) is 4.90 Å². The molecule has 1 aliphatic rings. The van der Waals surface area contributed by atoms with Gasteiger partial charge in [-0.15, -0.1) is 0 Å². The molecule has 0 aromatic heterocycles. The van der Waals surface area contributed by atoms with Crippen LogP contribution in [0.3, 0.4) is 0 Å². The SMILES string of the molecule is O=C(c1ccccc1)N(C(=O)c1ccccc1OCC1CO1)c1ccccc1. The number of rotatable bonds is 6. The molecule has 1 aliphatic heterocycles. The molecule has 5 heteroatoms. The zero-order valence-corrected chi connectivity index (χ0v) is 15.2. The highest BCUT2D eigenvalue weighted by molar-refractivity contribution is 6.26. The number of epoxide rings is 1. The number of ether oxygens (including phenoxy) is 2. The lowest BCUT2D eigenvalue weighted by Crippen LogP contribution is -2.37. The van der Waals surface area contributed by atoms with E-state index >= 15 is 0 Å². The van der Waals surface area contributed by atoms with Crippen LogP contribution in [-0.2, 0) is 4.74 Å². The van der Waals surface area contributed by atoms with Gasteiger partial charge >= 0.3 is 0 Å². The second-order valence-electron chi connectivity index (χ2n) is 6.41. The summed E-state index contributed by atoms with van der Waals surface area (Å²) in [6.07, 6.45) is 0.0688. The summed E-state index contributed by atoms with van der Waals surface area (Å²) in [7, 11) is 0. The van der Waals surface area contributed by atoms with E-state index < -0.39 is 11.8 Å². The number of amides is 2. The molecule has 4 rings (SSSR count). The van der Waals surface area contributed by atoms with Crippen molar-refractivity contribution in [1.82, 2.24) is 0 Å². The Labute approximate surface area is 163 Å². The summed E-state index contributed by atoms with van der Waals surface area (Å²) in [5, 5.41) is 0. The Morgan fingerprint density at radius 2 is 1.46 bits per heavy atom. The predicted octanol–water partition coefficient (Wildman–Crippen LogP) is 3.95. The first-order valence-electron chi connectivity index (χ1n) is 9.06. The van der Waals surface area contributed by atoms with Crippen LogP contribution in [0, 0.1) is 0 Å². The highest BCUT2D eigenvalue weighted by Gasteiger charge is 2.29. The van der Waals surface area contributed by atoms with Crippen molar-refractivity contribution in [3.8, 4) is 5.75 Å². The van der Waals surface area contributed by atoms with Crippen LogP contribution in [0.5, 0.6) is 5.75 Å². The van der Waals surface area contributed by atoms with Crippen molar-refractivity contribution in [2.24, 2.45) is 0 Å². The normalized spacial score (nSPS) is 14.9. The van der Waals surface area contributed by atoms with Gasteiger partial charge in [-0.05, 0) is 36.4 Å². The zero-order valence-electron chi connectivity index (χ0n) is 15.2. The van der Waals surface area contributed by atoms with Gasteiger partial charge in [0.05, 0.1) is 17.9 Å². The maximum Gasteiger partial charge on any atom is 0.269 e. The van der Waals surface area contributed by atoms with Crippen LogP contribution in [0.4, 0.5) is 5.69 Å². The molecule has 1 saturated heterocycles. The van der Waals surface area contributed by atoms with Crippen LogP contribution < -0.4 is 9.64 Å². The monoisotopic (exact) mass is 373 g/mol. The number of para-hydroxylation sites is 2. The van der Waals surface area contributed by atoms with Crippen LogP contribution in [0.25, 0.3) is 0 Å². The number of imide groups is 1. The minimum absolute atomic E-state index is 0.0688. The Hall–Kier alpha value is -3.44. The van der Waals surface area contributed by atoms with Gasteiger partial charge in [0.1, 0.15) is 18.5 Å². The summed E-state index contributed by atoms with van der Waals surface area (Å²) in [6.45, 7) is 1.04. The molecule has 0 radical (unpaired) electrons. The first kappa shape index (κ1) is 17.9. The van der Waals surface area contributed by atoms with E-state index in [1.807, 2.05) is 12.1 Å². The molecule has 0 spiro atoms. The molecule has 0 saturated carbocycles. The Kier molecular flexibility index (Phi) is 5.17. The summed E-state index contributed by atoms with van der Waals surface area (Å²) in [4.78, 5) is 27.8. The molecule has 140 valence electrons. The van der Waals surface area contributed by atoms with Crippen molar-refractivity contribution in [1.29, 1.82) is 0 Å². The maximum absolute atomic E-state index is 13.4. The second-order valence-corrected chi connectivity index (χ2v) is 6.41. The summed E-state index contributed by atoms with van der Waals surface area (Å²) >= 11 is 0. The van der Waals surface area contributed by atoms with E-state index in [4.69, 9.17) is 9.47 Å². The molecule has 1 atom stereocenters. The number of hydrogen-bond donors (Lipinski definition) is 0. The lowest BCUT2D eigenvalue weighted by molar-refractivity contribution is 0.0895. The predicted molar refractivity (Wildman–Crippen MR) is 106 cm³/mol. The van der Waals surface area contributed by atoms with Gasteiger partial charge < -0.3 is 9.47 Å². The van der Waals surface area contributed by atoms with Gasteiger partial charge in [0.15, 0.2) is 0 Å². The molecule has 5 nitrogen and oxygen atoms in total. The molecule has 0 bridgehead atoms. The molecule has 3 aromatic carbocycles. The van der Waals surface area contributed by atoms with Crippen molar-refractivity contribution in [3.05, 3.63) is 96.1 Å². The lowest BCUT2D eigenvalue weighted by Gasteiger charge is -2.22. The molecular formula is C23H19NO4. The summed E-state index contributed by atoms with van der Waals surface area (Å²) in [5.41, 5.74) is 1.27. The van der Waals surface area contributed by atoms with Crippen LogP contribution in [0.1, 0.15) is 20.7 Å².